The van der Waals surface area contributed by atoms with Gasteiger partial charge in [-0.3, -0.25) is 4.79 Å². The van der Waals surface area contributed by atoms with E-state index >= 15 is 0 Å². The molecule has 0 saturated carbocycles. The van der Waals surface area contributed by atoms with Crippen molar-refractivity contribution in [2.75, 3.05) is 6.54 Å². The SMILES string of the molecule is O=C(c1cccnc1Br)N1CCc2ccccc2C1. The van der Waals surface area contributed by atoms with E-state index in [1.165, 1.54) is 11.1 Å². The van der Waals surface area contributed by atoms with Gasteiger partial charge in [-0.25, -0.2) is 4.98 Å². The highest BCUT2D eigenvalue weighted by molar-refractivity contribution is 9.10. The van der Waals surface area contributed by atoms with Gasteiger partial charge in [-0.05, 0) is 45.6 Å². The molecule has 0 aliphatic carbocycles. The highest BCUT2D eigenvalue weighted by Crippen LogP contribution is 2.22. The normalized spacial score (nSPS) is 14.1. The average molecular weight is 317 g/mol. The molecule has 0 spiro atoms. The van der Waals surface area contributed by atoms with Gasteiger partial charge in [0.05, 0.1) is 5.56 Å². The third kappa shape index (κ3) is 2.40. The Labute approximate surface area is 120 Å². The number of halogens is 1. The van der Waals surface area contributed by atoms with Crippen LogP contribution in [0.25, 0.3) is 0 Å². The molecule has 1 aliphatic heterocycles. The Bertz CT molecular complexity index is 627. The molecule has 1 aromatic heterocycles. The molecule has 0 N–H and O–H groups in total. The Hall–Kier alpha value is -1.68. The second-order valence-corrected chi connectivity index (χ2v) is 5.34. The number of amides is 1. The van der Waals surface area contributed by atoms with E-state index in [0.29, 0.717) is 16.7 Å². The summed E-state index contributed by atoms with van der Waals surface area (Å²) in [5.74, 6) is 0.0366. The third-order valence-corrected chi connectivity index (χ3v) is 4.04. The summed E-state index contributed by atoms with van der Waals surface area (Å²) in [6.45, 7) is 1.44. The molecule has 0 unspecified atom stereocenters. The van der Waals surface area contributed by atoms with E-state index in [9.17, 15) is 4.79 Å². The Morgan fingerprint density at radius 2 is 1.95 bits per heavy atom. The molecule has 2 heterocycles. The predicted octanol–water partition coefficient (Wildman–Crippen LogP) is 3.04. The van der Waals surface area contributed by atoms with Gasteiger partial charge in [0.2, 0.25) is 0 Å². The Morgan fingerprint density at radius 1 is 1.16 bits per heavy atom. The molecule has 3 rings (SSSR count). The van der Waals surface area contributed by atoms with E-state index in [1.54, 1.807) is 18.3 Å². The first-order chi connectivity index (χ1) is 9.25. The zero-order valence-electron chi connectivity index (χ0n) is 10.3. The van der Waals surface area contributed by atoms with Crippen molar-refractivity contribution in [3.8, 4) is 0 Å². The minimum absolute atomic E-state index is 0.0366. The van der Waals surface area contributed by atoms with E-state index in [0.717, 1.165) is 13.0 Å². The molecular formula is C15H13BrN2O. The van der Waals surface area contributed by atoms with Crippen LogP contribution in [0.4, 0.5) is 0 Å². The van der Waals surface area contributed by atoms with Crippen molar-refractivity contribution in [3.63, 3.8) is 0 Å². The lowest BCUT2D eigenvalue weighted by Gasteiger charge is -2.29. The minimum atomic E-state index is 0.0366. The van der Waals surface area contributed by atoms with Crippen LogP contribution in [0.2, 0.25) is 0 Å². The van der Waals surface area contributed by atoms with Crippen LogP contribution < -0.4 is 0 Å². The molecule has 3 nitrogen and oxygen atoms in total. The number of nitrogens with zero attached hydrogens (tertiary/aromatic N) is 2. The standard InChI is InChI=1S/C15H13BrN2O/c16-14-13(6-3-8-17-14)15(19)18-9-7-11-4-1-2-5-12(11)10-18/h1-6,8H,7,9-10H2. The molecule has 1 amide bonds. The molecule has 1 aromatic carbocycles. The largest absolute Gasteiger partial charge is 0.334 e. The van der Waals surface area contributed by atoms with Crippen molar-refractivity contribution >= 4 is 21.8 Å². The molecule has 1 aliphatic rings. The van der Waals surface area contributed by atoms with Crippen LogP contribution in [-0.4, -0.2) is 22.3 Å². The van der Waals surface area contributed by atoms with Gasteiger partial charge in [0.15, 0.2) is 0 Å². The third-order valence-electron chi connectivity index (χ3n) is 3.41. The fourth-order valence-electron chi connectivity index (χ4n) is 2.38. The Morgan fingerprint density at radius 3 is 2.74 bits per heavy atom. The van der Waals surface area contributed by atoms with Crippen molar-refractivity contribution in [2.24, 2.45) is 0 Å². The number of fused-ring (bicyclic) bond motifs is 1. The molecule has 0 saturated heterocycles. The van der Waals surface area contributed by atoms with Gasteiger partial charge in [0.1, 0.15) is 4.60 Å². The highest BCUT2D eigenvalue weighted by atomic mass is 79.9. The number of benzene rings is 1. The molecule has 0 radical (unpaired) electrons. The quantitative estimate of drug-likeness (QED) is 0.758. The summed E-state index contributed by atoms with van der Waals surface area (Å²) in [7, 11) is 0. The summed E-state index contributed by atoms with van der Waals surface area (Å²) < 4.78 is 0.610. The van der Waals surface area contributed by atoms with Gasteiger partial charge in [-0.2, -0.15) is 0 Å². The number of carbonyl (C=O) groups is 1. The smallest absolute Gasteiger partial charge is 0.256 e. The van der Waals surface area contributed by atoms with Crippen molar-refractivity contribution < 1.29 is 4.79 Å². The van der Waals surface area contributed by atoms with Crippen LogP contribution in [0.1, 0.15) is 21.5 Å². The summed E-state index contributed by atoms with van der Waals surface area (Å²) in [5, 5.41) is 0. The number of hydrogen-bond acceptors (Lipinski definition) is 2. The molecule has 19 heavy (non-hydrogen) atoms. The summed E-state index contributed by atoms with van der Waals surface area (Å²) >= 11 is 3.34. The fourth-order valence-corrected chi connectivity index (χ4v) is 2.80. The maximum atomic E-state index is 12.5. The van der Waals surface area contributed by atoms with Gasteiger partial charge < -0.3 is 4.90 Å². The first-order valence-corrected chi connectivity index (χ1v) is 7.01. The van der Waals surface area contributed by atoms with E-state index in [2.05, 4.69) is 33.0 Å². The Kier molecular flexibility index (Phi) is 3.34. The zero-order chi connectivity index (χ0) is 13.2. The molecule has 0 fully saturated rings. The van der Waals surface area contributed by atoms with Crippen molar-refractivity contribution in [1.82, 2.24) is 9.88 Å². The number of rotatable bonds is 1. The van der Waals surface area contributed by atoms with Crippen molar-refractivity contribution in [1.29, 1.82) is 0 Å². The zero-order valence-corrected chi connectivity index (χ0v) is 11.9. The average Bonchev–Trinajstić information content (AvgIpc) is 2.46. The summed E-state index contributed by atoms with van der Waals surface area (Å²) in [4.78, 5) is 18.5. The number of pyridine rings is 1. The monoisotopic (exact) mass is 316 g/mol. The van der Waals surface area contributed by atoms with Crippen LogP contribution >= 0.6 is 15.9 Å². The van der Waals surface area contributed by atoms with Gasteiger partial charge in [-0.1, -0.05) is 24.3 Å². The van der Waals surface area contributed by atoms with Crippen LogP contribution in [0, 0.1) is 0 Å². The molecular weight excluding hydrogens is 304 g/mol. The molecule has 0 atom stereocenters. The summed E-state index contributed by atoms with van der Waals surface area (Å²) in [6.07, 6.45) is 2.59. The first-order valence-electron chi connectivity index (χ1n) is 6.22. The maximum Gasteiger partial charge on any atom is 0.256 e. The van der Waals surface area contributed by atoms with Crippen LogP contribution in [0.5, 0.6) is 0 Å². The predicted molar refractivity (Wildman–Crippen MR) is 76.8 cm³/mol. The molecule has 0 bridgehead atoms. The minimum Gasteiger partial charge on any atom is -0.334 e. The van der Waals surface area contributed by atoms with Gasteiger partial charge in [0.25, 0.3) is 5.91 Å². The summed E-state index contributed by atoms with van der Waals surface area (Å²) in [5.41, 5.74) is 3.21. The van der Waals surface area contributed by atoms with Gasteiger partial charge in [0, 0.05) is 19.3 Å². The number of hydrogen-bond donors (Lipinski definition) is 0. The van der Waals surface area contributed by atoms with Crippen LogP contribution in [0.3, 0.4) is 0 Å². The van der Waals surface area contributed by atoms with Crippen molar-refractivity contribution in [2.45, 2.75) is 13.0 Å². The summed E-state index contributed by atoms with van der Waals surface area (Å²) in [6, 6.07) is 11.9. The number of carbonyl (C=O) groups excluding carboxylic acids is 1. The van der Waals surface area contributed by atoms with E-state index in [1.807, 2.05) is 17.0 Å². The second-order valence-electron chi connectivity index (χ2n) is 4.59. The fraction of sp³-hybridized carbons (Fsp3) is 0.200. The molecule has 2 aromatic rings. The lowest BCUT2D eigenvalue weighted by molar-refractivity contribution is 0.0733. The lowest BCUT2D eigenvalue weighted by atomic mass is 9.99. The van der Waals surface area contributed by atoms with Crippen molar-refractivity contribution in [3.05, 3.63) is 63.9 Å². The Balaban J connectivity index is 1.86. The molecule has 96 valence electrons. The van der Waals surface area contributed by atoms with Crippen LogP contribution in [0.15, 0.2) is 47.2 Å². The van der Waals surface area contributed by atoms with Crippen LogP contribution in [-0.2, 0) is 13.0 Å². The number of aromatic nitrogens is 1. The molecule has 4 heteroatoms. The lowest BCUT2D eigenvalue weighted by Crippen LogP contribution is -2.36. The van der Waals surface area contributed by atoms with Gasteiger partial charge >= 0.3 is 0 Å². The van der Waals surface area contributed by atoms with E-state index in [-0.39, 0.29) is 5.91 Å². The second kappa shape index (κ2) is 5.13. The van der Waals surface area contributed by atoms with Gasteiger partial charge in [-0.15, -0.1) is 0 Å². The van der Waals surface area contributed by atoms with E-state index < -0.39 is 0 Å². The maximum absolute atomic E-state index is 12.5. The van der Waals surface area contributed by atoms with E-state index in [4.69, 9.17) is 0 Å². The highest BCUT2D eigenvalue weighted by Gasteiger charge is 2.22. The first kappa shape index (κ1) is 12.4. The topological polar surface area (TPSA) is 33.2 Å².